The molecule has 0 aliphatic rings. The number of H-pyrrole nitrogens is 1. The molecule has 0 bridgehead atoms. The van der Waals surface area contributed by atoms with Crippen LogP contribution in [0.5, 0.6) is 0 Å². The van der Waals surface area contributed by atoms with Gasteiger partial charge in [-0.05, 0) is 18.2 Å². The Morgan fingerprint density at radius 3 is 3.20 bits per heavy atom. The van der Waals surface area contributed by atoms with Gasteiger partial charge >= 0.3 is 0 Å². The van der Waals surface area contributed by atoms with E-state index in [0.717, 1.165) is 5.03 Å². The van der Waals surface area contributed by atoms with E-state index in [9.17, 15) is 0 Å². The molecular weight excluding hydrogens is 144 g/mol. The van der Waals surface area contributed by atoms with Crippen molar-refractivity contribution in [2.75, 3.05) is 5.75 Å². The number of rotatable bonds is 4. The zero-order valence-electron chi connectivity index (χ0n) is 6.13. The summed E-state index contributed by atoms with van der Waals surface area (Å²) >= 11 is 1.81. The van der Waals surface area contributed by atoms with Crippen LogP contribution in [0.15, 0.2) is 17.3 Å². The van der Waals surface area contributed by atoms with Crippen molar-refractivity contribution in [3.8, 4) is 0 Å². The largest absolute Gasteiger partial charge is 0.285 e. The molecule has 3 heteroatoms. The van der Waals surface area contributed by atoms with Crippen LogP contribution in [0.4, 0.5) is 0 Å². The van der Waals surface area contributed by atoms with Crippen LogP contribution in [-0.2, 0) is 0 Å². The number of aromatic amines is 1. The first kappa shape index (κ1) is 7.66. The number of hydrogen-bond donors (Lipinski definition) is 1. The summed E-state index contributed by atoms with van der Waals surface area (Å²) in [6, 6.07) is 2.00. The predicted octanol–water partition coefficient (Wildman–Crippen LogP) is 2.30. The van der Waals surface area contributed by atoms with Gasteiger partial charge in [0, 0.05) is 6.20 Å². The van der Waals surface area contributed by atoms with E-state index in [1.54, 1.807) is 0 Å². The van der Waals surface area contributed by atoms with Crippen molar-refractivity contribution in [3.05, 3.63) is 12.3 Å². The minimum Gasteiger partial charge on any atom is -0.285 e. The first-order valence-corrected chi connectivity index (χ1v) is 4.54. The molecule has 1 heterocycles. The van der Waals surface area contributed by atoms with E-state index >= 15 is 0 Å². The average molecular weight is 156 g/mol. The molecule has 10 heavy (non-hydrogen) atoms. The summed E-state index contributed by atoms with van der Waals surface area (Å²) in [5.74, 6) is 1.18. The van der Waals surface area contributed by atoms with Crippen molar-refractivity contribution in [2.45, 2.75) is 24.8 Å². The Bertz CT molecular complexity index is 160. The molecule has 0 aromatic carbocycles. The van der Waals surface area contributed by atoms with Crippen molar-refractivity contribution in [1.29, 1.82) is 0 Å². The lowest BCUT2D eigenvalue weighted by Crippen LogP contribution is -1.77. The summed E-state index contributed by atoms with van der Waals surface area (Å²) in [6.07, 6.45) is 4.39. The van der Waals surface area contributed by atoms with Gasteiger partial charge in [0.15, 0.2) is 0 Å². The molecular formula is C7H12N2S. The summed E-state index contributed by atoms with van der Waals surface area (Å²) in [7, 11) is 0. The highest BCUT2D eigenvalue weighted by molar-refractivity contribution is 7.99. The average Bonchev–Trinajstić information content (AvgIpc) is 2.41. The molecule has 0 aliphatic carbocycles. The molecule has 1 rings (SSSR count). The number of thioether (sulfide) groups is 1. The first-order chi connectivity index (χ1) is 4.93. The molecule has 56 valence electrons. The molecule has 1 aromatic heterocycles. The van der Waals surface area contributed by atoms with Crippen LogP contribution < -0.4 is 0 Å². The number of nitrogens with one attached hydrogen (secondary N) is 1. The molecule has 0 fully saturated rings. The van der Waals surface area contributed by atoms with Crippen LogP contribution in [0.3, 0.4) is 0 Å². The molecule has 1 N–H and O–H groups in total. The molecule has 0 saturated heterocycles. The van der Waals surface area contributed by atoms with Gasteiger partial charge in [0.2, 0.25) is 0 Å². The minimum absolute atomic E-state index is 1.11. The van der Waals surface area contributed by atoms with Crippen molar-refractivity contribution >= 4 is 11.8 Å². The van der Waals surface area contributed by atoms with E-state index in [0.29, 0.717) is 0 Å². The molecule has 0 aliphatic heterocycles. The summed E-state index contributed by atoms with van der Waals surface area (Å²) in [6.45, 7) is 2.20. The predicted molar refractivity (Wildman–Crippen MR) is 44.2 cm³/mol. The van der Waals surface area contributed by atoms with Gasteiger partial charge in [-0.1, -0.05) is 13.3 Å². The highest BCUT2D eigenvalue weighted by Crippen LogP contribution is 2.14. The maximum atomic E-state index is 4.03. The van der Waals surface area contributed by atoms with E-state index in [1.165, 1.54) is 18.6 Å². The smallest absolute Gasteiger partial charge is 0.118 e. The molecule has 1 aromatic rings. The quantitative estimate of drug-likeness (QED) is 0.535. The maximum Gasteiger partial charge on any atom is 0.118 e. The van der Waals surface area contributed by atoms with E-state index in [1.807, 2.05) is 24.0 Å². The second-order valence-corrected chi connectivity index (χ2v) is 3.23. The Morgan fingerprint density at radius 2 is 2.60 bits per heavy atom. The SMILES string of the molecule is CCCCSc1cc[nH]n1. The second-order valence-electron chi connectivity index (χ2n) is 2.11. The van der Waals surface area contributed by atoms with E-state index in [4.69, 9.17) is 0 Å². The second kappa shape index (κ2) is 4.39. The first-order valence-electron chi connectivity index (χ1n) is 3.56. The summed E-state index contributed by atoms with van der Waals surface area (Å²) in [5, 5.41) is 7.92. The van der Waals surface area contributed by atoms with Crippen molar-refractivity contribution < 1.29 is 0 Å². The van der Waals surface area contributed by atoms with Crippen LogP contribution in [0, 0.1) is 0 Å². The van der Waals surface area contributed by atoms with Gasteiger partial charge in [0.25, 0.3) is 0 Å². The number of aromatic nitrogens is 2. The van der Waals surface area contributed by atoms with Gasteiger partial charge in [-0.25, -0.2) is 0 Å². The van der Waals surface area contributed by atoms with Gasteiger partial charge < -0.3 is 0 Å². The zero-order chi connectivity index (χ0) is 7.23. The maximum absolute atomic E-state index is 4.03. The lowest BCUT2D eigenvalue weighted by atomic mass is 10.4. The zero-order valence-corrected chi connectivity index (χ0v) is 6.95. The molecule has 0 radical (unpaired) electrons. The van der Waals surface area contributed by atoms with Gasteiger partial charge in [0.05, 0.1) is 0 Å². The van der Waals surface area contributed by atoms with Crippen LogP contribution in [0.25, 0.3) is 0 Å². The van der Waals surface area contributed by atoms with Crippen LogP contribution in [0.1, 0.15) is 19.8 Å². The van der Waals surface area contributed by atoms with Gasteiger partial charge in [-0.3, -0.25) is 5.10 Å². The Kier molecular flexibility index (Phi) is 3.36. The number of unbranched alkanes of at least 4 members (excludes halogenated alkanes) is 1. The third-order valence-corrected chi connectivity index (χ3v) is 2.24. The highest BCUT2D eigenvalue weighted by atomic mass is 32.2. The van der Waals surface area contributed by atoms with Crippen molar-refractivity contribution in [2.24, 2.45) is 0 Å². The molecule has 0 spiro atoms. The standard InChI is InChI=1S/C7H12N2S/c1-2-3-6-10-7-4-5-8-9-7/h4-5H,2-3,6H2,1H3,(H,8,9). The van der Waals surface area contributed by atoms with Crippen molar-refractivity contribution in [1.82, 2.24) is 10.2 Å². The van der Waals surface area contributed by atoms with Gasteiger partial charge in [0.1, 0.15) is 5.03 Å². The van der Waals surface area contributed by atoms with Crippen LogP contribution >= 0.6 is 11.8 Å². The van der Waals surface area contributed by atoms with Crippen molar-refractivity contribution in [3.63, 3.8) is 0 Å². The minimum atomic E-state index is 1.11. The fraction of sp³-hybridized carbons (Fsp3) is 0.571. The summed E-state index contributed by atoms with van der Waals surface area (Å²) in [4.78, 5) is 0. The Labute approximate surface area is 65.4 Å². The third kappa shape index (κ3) is 2.43. The fourth-order valence-corrected chi connectivity index (χ4v) is 1.57. The van der Waals surface area contributed by atoms with E-state index in [-0.39, 0.29) is 0 Å². The van der Waals surface area contributed by atoms with E-state index < -0.39 is 0 Å². The van der Waals surface area contributed by atoms with Crippen LogP contribution in [0.2, 0.25) is 0 Å². The monoisotopic (exact) mass is 156 g/mol. The van der Waals surface area contributed by atoms with Gasteiger partial charge in [-0.15, -0.1) is 11.8 Å². The summed E-state index contributed by atoms with van der Waals surface area (Å²) < 4.78 is 0. The normalized spacial score (nSPS) is 10.1. The lowest BCUT2D eigenvalue weighted by Gasteiger charge is -1.92. The fourth-order valence-electron chi connectivity index (χ4n) is 0.648. The lowest BCUT2D eigenvalue weighted by molar-refractivity contribution is 0.893. The molecule has 0 amide bonds. The molecule has 0 atom stereocenters. The Hall–Kier alpha value is -0.440. The van der Waals surface area contributed by atoms with Gasteiger partial charge in [-0.2, -0.15) is 5.10 Å². The molecule has 0 unspecified atom stereocenters. The highest BCUT2D eigenvalue weighted by Gasteiger charge is 1.92. The Balaban J connectivity index is 2.15. The Morgan fingerprint density at radius 1 is 1.70 bits per heavy atom. The molecule has 2 nitrogen and oxygen atoms in total. The summed E-state index contributed by atoms with van der Waals surface area (Å²) in [5.41, 5.74) is 0. The van der Waals surface area contributed by atoms with Crippen LogP contribution in [-0.4, -0.2) is 16.0 Å². The number of hydrogen-bond acceptors (Lipinski definition) is 2. The molecule has 0 saturated carbocycles. The number of nitrogens with zero attached hydrogens (tertiary/aromatic N) is 1. The topological polar surface area (TPSA) is 28.7 Å². The third-order valence-electron chi connectivity index (χ3n) is 1.22. The van der Waals surface area contributed by atoms with E-state index in [2.05, 4.69) is 17.1 Å².